The number of aromatic nitrogens is 2. The summed E-state index contributed by atoms with van der Waals surface area (Å²) in [4.78, 5) is 6.73. The Morgan fingerprint density at radius 3 is 2.45 bits per heavy atom. The number of anilines is 2. The molecule has 2 aromatic heterocycles. The van der Waals surface area contributed by atoms with Gasteiger partial charge in [-0.25, -0.2) is 8.42 Å². The second-order valence-corrected chi connectivity index (χ2v) is 12.4. The summed E-state index contributed by atoms with van der Waals surface area (Å²) in [6, 6.07) is 18.4. The largest absolute Gasteiger partial charge is 0.494 e. The van der Waals surface area contributed by atoms with Gasteiger partial charge in [0.15, 0.2) is 5.11 Å². The molecule has 0 aliphatic carbocycles. The number of pyridine rings is 1. The van der Waals surface area contributed by atoms with Crippen molar-refractivity contribution in [2.24, 2.45) is 0 Å². The monoisotopic (exact) mass is 595 g/mol. The molecule has 4 aromatic rings. The van der Waals surface area contributed by atoms with E-state index in [0.29, 0.717) is 21.6 Å². The number of ether oxygens (including phenoxy) is 1. The number of sulfonamides is 1. The van der Waals surface area contributed by atoms with Gasteiger partial charge in [0, 0.05) is 45.6 Å². The van der Waals surface area contributed by atoms with Crippen LogP contribution in [0.5, 0.6) is 5.75 Å². The van der Waals surface area contributed by atoms with Crippen LogP contribution in [0.4, 0.5) is 11.4 Å². The fourth-order valence-corrected chi connectivity index (χ4v) is 6.58. The van der Waals surface area contributed by atoms with Crippen molar-refractivity contribution < 1.29 is 13.2 Å². The van der Waals surface area contributed by atoms with Gasteiger partial charge in [-0.05, 0) is 81.0 Å². The van der Waals surface area contributed by atoms with Gasteiger partial charge in [0.2, 0.25) is 10.0 Å². The lowest BCUT2D eigenvalue weighted by Crippen LogP contribution is -2.30. The minimum Gasteiger partial charge on any atom is -0.494 e. The van der Waals surface area contributed by atoms with E-state index in [4.69, 9.17) is 28.6 Å². The molecule has 8 nitrogen and oxygen atoms in total. The zero-order valence-corrected chi connectivity index (χ0v) is 25.2. The molecule has 0 spiro atoms. The number of hydrogen-bond donors (Lipinski definition) is 2. The summed E-state index contributed by atoms with van der Waals surface area (Å²) < 4.78 is 34.1. The van der Waals surface area contributed by atoms with Crippen LogP contribution < -0.4 is 19.7 Å². The first-order valence-corrected chi connectivity index (χ1v) is 15.3. The molecule has 40 heavy (non-hydrogen) atoms. The predicted molar refractivity (Wildman–Crippen MR) is 164 cm³/mol. The standard InChI is InChI=1S/C29H30ClN5O3S2/c1-17-18(2)34(21-10-8-9-20(30)15-21)19(3)26(17)28-27(24-11-6-7-14-31-24)32-29(39)35(28)22-12-13-23(25(16-22)38-4)33-40(5,36)37/h6-16,27-28,33H,1-5H3,(H,32,39)/t27-,28+/m0/s1. The van der Waals surface area contributed by atoms with Crippen LogP contribution in [0.3, 0.4) is 0 Å². The van der Waals surface area contributed by atoms with Crippen LogP contribution >= 0.6 is 23.8 Å². The zero-order chi connectivity index (χ0) is 28.8. The van der Waals surface area contributed by atoms with Gasteiger partial charge in [0.1, 0.15) is 5.75 Å². The second-order valence-electron chi connectivity index (χ2n) is 9.78. The van der Waals surface area contributed by atoms with E-state index < -0.39 is 10.0 Å². The minimum atomic E-state index is -3.50. The molecule has 5 rings (SSSR count). The highest BCUT2D eigenvalue weighted by Gasteiger charge is 2.43. The van der Waals surface area contributed by atoms with Crippen molar-refractivity contribution in [3.8, 4) is 11.4 Å². The first kappa shape index (κ1) is 27.9. The van der Waals surface area contributed by atoms with E-state index in [0.717, 1.165) is 45.8 Å². The molecule has 0 amide bonds. The molecule has 0 bridgehead atoms. The number of halogens is 1. The molecular formula is C29H30ClN5O3S2. The van der Waals surface area contributed by atoms with Gasteiger partial charge in [-0.3, -0.25) is 9.71 Å². The Morgan fingerprint density at radius 2 is 1.80 bits per heavy atom. The highest BCUT2D eigenvalue weighted by atomic mass is 35.5. The highest BCUT2D eigenvalue weighted by Crippen LogP contribution is 2.46. The van der Waals surface area contributed by atoms with Crippen LogP contribution in [0.25, 0.3) is 5.69 Å². The molecule has 3 heterocycles. The van der Waals surface area contributed by atoms with E-state index >= 15 is 0 Å². The van der Waals surface area contributed by atoms with Gasteiger partial charge < -0.3 is 19.5 Å². The topological polar surface area (TPSA) is 88.5 Å². The van der Waals surface area contributed by atoms with Crippen molar-refractivity contribution in [2.75, 3.05) is 23.0 Å². The Bertz CT molecular complexity index is 1710. The summed E-state index contributed by atoms with van der Waals surface area (Å²) >= 11 is 12.3. The highest BCUT2D eigenvalue weighted by molar-refractivity contribution is 7.92. The summed E-state index contributed by atoms with van der Waals surface area (Å²) in [5, 5.41) is 4.69. The van der Waals surface area contributed by atoms with Gasteiger partial charge in [0.25, 0.3) is 0 Å². The average Bonchev–Trinajstić information content (AvgIpc) is 3.35. The van der Waals surface area contributed by atoms with Crippen molar-refractivity contribution in [3.63, 3.8) is 0 Å². The quantitative estimate of drug-likeness (QED) is 0.253. The molecule has 208 valence electrons. The SMILES string of the molecule is COc1cc(N2C(=S)N[C@@H](c3ccccn3)[C@H]2c2c(C)c(C)n(-c3cccc(Cl)c3)c2C)ccc1NS(C)(=O)=O. The average molecular weight is 596 g/mol. The van der Waals surface area contributed by atoms with E-state index in [9.17, 15) is 8.42 Å². The molecule has 1 aliphatic heterocycles. The molecule has 2 N–H and O–H groups in total. The number of nitrogens with one attached hydrogen (secondary N) is 2. The normalized spacial score (nSPS) is 17.1. The first-order valence-electron chi connectivity index (χ1n) is 12.6. The second kappa shape index (κ2) is 10.8. The summed E-state index contributed by atoms with van der Waals surface area (Å²) in [6.45, 7) is 6.32. The molecule has 1 fully saturated rings. The number of benzene rings is 2. The van der Waals surface area contributed by atoms with Crippen LogP contribution in [-0.2, 0) is 10.0 Å². The van der Waals surface area contributed by atoms with E-state index in [1.165, 1.54) is 7.11 Å². The fraction of sp³-hybridized carbons (Fsp3) is 0.241. The summed E-state index contributed by atoms with van der Waals surface area (Å²) in [7, 11) is -1.99. The lowest BCUT2D eigenvalue weighted by atomic mass is 9.93. The maximum Gasteiger partial charge on any atom is 0.229 e. The molecular weight excluding hydrogens is 566 g/mol. The maximum atomic E-state index is 11.9. The van der Waals surface area contributed by atoms with Crippen molar-refractivity contribution in [1.82, 2.24) is 14.9 Å². The molecule has 0 saturated carbocycles. The van der Waals surface area contributed by atoms with Crippen LogP contribution in [0, 0.1) is 20.8 Å². The van der Waals surface area contributed by atoms with Gasteiger partial charge >= 0.3 is 0 Å². The third-order valence-electron chi connectivity index (χ3n) is 7.23. The number of nitrogens with zero attached hydrogens (tertiary/aromatic N) is 3. The Morgan fingerprint density at radius 1 is 1.02 bits per heavy atom. The van der Waals surface area contributed by atoms with Crippen molar-refractivity contribution in [3.05, 3.63) is 100 Å². The van der Waals surface area contributed by atoms with Crippen molar-refractivity contribution in [1.29, 1.82) is 0 Å². The lowest BCUT2D eigenvalue weighted by Gasteiger charge is -2.29. The summed E-state index contributed by atoms with van der Waals surface area (Å²) in [5.41, 5.74) is 7.32. The third-order valence-corrected chi connectivity index (χ3v) is 8.37. The van der Waals surface area contributed by atoms with E-state index in [1.807, 2.05) is 48.5 Å². The van der Waals surface area contributed by atoms with Crippen molar-refractivity contribution in [2.45, 2.75) is 32.9 Å². The first-order chi connectivity index (χ1) is 19.0. The Kier molecular flexibility index (Phi) is 7.52. The van der Waals surface area contributed by atoms with Crippen LogP contribution in [0.15, 0.2) is 66.9 Å². The van der Waals surface area contributed by atoms with E-state index in [1.54, 1.807) is 18.3 Å². The molecule has 2 atom stereocenters. The molecule has 1 aliphatic rings. The molecule has 0 radical (unpaired) electrons. The van der Waals surface area contributed by atoms with Gasteiger partial charge in [-0.2, -0.15) is 0 Å². The molecule has 11 heteroatoms. The predicted octanol–water partition coefficient (Wildman–Crippen LogP) is 6.01. The number of thiocarbonyl (C=S) groups is 1. The summed E-state index contributed by atoms with van der Waals surface area (Å²) in [6.07, 6.45) is 2.88. The van der Waals surface area contributed by atoms with Crippen LogP contribution in [-0.4, -0.2) is 36.4 Å². The van der Waals surface area contributed by atoms with Crippen molar-refractivity contribution >= 4 is 50.3 Å². The summed E-state index contributed by atoms with van der Waals surface area (Å²) in [5.74, 6) is 0.381. The Balaban J connectivity index is 1.71. The Labute approximate surface area is 245 Å². The van der Waals surface area contributed by atoms with E-state index in [-0.39, 0.29) is 12.1 Å². The van der Waals surface area contributed by atoms with Crippen LogP contribution in [0.2, 0.25) is 5.02 Å². The van der Waals surface area contributed by atoms with E-state index in [2.05, 4.69) is 45.3 Å². The third kappa shape index (κ3) is 5.14. The Hall–Kier alpha value is -3.60. The fourth-order valence-electron chi connectivity index (χ4n) is 5.48. The maximum absolute atomic E-state index is 11.9. The van der Waals surface area contributed by atoms with Crippen LogP contribution in [0.1, 0.15) is 40.3 Å². The van der Waals surface area contributed by atoms with Gasteiger partial charge in [0.05, 0.1) is 36.8 Å². The minimum absolute atomic E-state index is 0.250. The van der Waals surface area contributed by atoms with Gasteiger partial charge in [-0.15, -0.1) is 0 Å². The number of rotatable bonds is 7. The smallest absolute Gasteiger partial charge is 0.229 e. The lowest BCUT2D eigenvalue weighted by molar-refractivity contribution is 0.417. The molecule has 0 unspecified atom stereocenters. The zero-order valence-electron chi connectivity index (χ0n) is 22.8. The number of hydrogen-bond acceptors (Lipinski definition) is 5. The molecule has 2 aromatic carbocycles. The molecule has 1 saturated heterocycles. The number of methoxy groups -OCH3 is 1. The van der Waals surface area contributed by atoms with Gasteiger partial charge in [-0.1, -0.05) is 23.7 Å².